The van der Waals surface area contributed by atoms with Gasteiger partial charge in [-0.25, -0.2) is 27.1 Å². The first-order chi connectivity index (χ1) is 17.3. The predicted molar refractivity (Wildman–Crippen MR) is 141 cm³/mol. The van der Waals surface area contributed by atoms with Gasteiger partial charge in [0.05, 0.1) is 29.2 Å². The highest BCUT2D eigenvalue weighted by atomic mass is 32.2. The predicted octanol–water partition coefficient (Wildman–Crippen LogP) is 4.57. The average Bonchev–Trinajstić information content (AvgIpc) is 2.80. The Kier molecular flexibility index (Phi) is 8.70. The van der Waals surface area contributed by atoms with Gasteiger partial charge in [0.15, 0.2) is 11.6 Å². The van der Waals surface area contributed by atoms with Gasteiger partial charge in [0.1, 0.15) is 12.5 Å². The van der Waals surface area contributed by atoms with Crippen LogP contribution in [-0.2, 0) is 21.8 Å². The number of rotatable bonds is 11. The van der Waals surface area contributed by atoms with Gasteiger partial charge in [-0.15, -0.1) is 0 Å². The molecule has 0 atom stereocenters. The standard InChI is InChI=1S/C24H32F2N4O5SSi/c1-7-11-36(32,33)30(15-34-10-12-37(4,5)6)23-21(26)22(17(25)13-27-23)35-19-9-8-18-20(16(19)2)24(31)29(3)14-28-18/h8-9,13-14H,7,10-12,15H2,1-6H3. The highest BCUT2D eigenvalue weighted by Gasteiger charge is 2.30. The van der Waals surface area contributed by atoms with Crippen molar-refractivity contribution in [1.82, 2.24) is 14.5 Å². The smallest absolute Gasteiger partial charge is 0.261 e. The summed E-state index contributed by atoms with van der Waals surface area (Å²) in [5.41, 5.74) is 0.377. The number of aryl methyl sites for hydroxylation is 2. The quantitative estimate of drug-likeness (QED) is 0.194. The molecule has 0 aliphatic rings. The number of pyridine rings is 1. The lowest BCUT2D eigenvalue weighted by Gasteiger charge is -2.25. The van der Waals surface area contributed by atoms with Gasteiger partial charge in [0.25, 0.3) is 5.56 Å². The van der Waals surface area contributed by atoms with Crippen LogP contribution in [0.2, 0.25) is 25.7 Å². The highest BCUT2D eigenvalue weighted by molar-refractivity contribution is 7.92. The van der Waals surface area contributed by atoms with Crippen molar-refractivity contribution in [3.8, 4) is 11.5 Å². The van der Waals surface area contributed by atoms with E-state index >= 15 is 4.39 Å². The molecular formula is C24H32F2N4O5SSi. The number of aromatic nitrogens is 3. The molecule has 3 rings (SSSR count). The van der Waals surface area contributed by atoms with Crippen LogP contribution < -0.4 is 14.6 Å². The molecule has 0 aliphatic heterocycles. The summed E-state index contributed by atoms with van der Waals surface area (Å²) in [6.07, 6.45) is 2.34. The fourth-order valence-corrected chi connectivity index (χ4v) is 5.65. The summed E-state index contributed by atoms with van der Waals surface area (Å²) in [7, 11) is -3.95. The fourth-order valence-electron chi connectivity index (χ4n) is 3.53. The van der Waals surface area contributed by atoms with Crippen molar-refractivity contribution in [2.45, 2.75) is 46.0 Å². The van der Waals surface area contributed by atoms with Gasteiger partial charge in [-0.3, -0.25) is 4.79 Å². The molecule has 13 heteroatoms. The number of sulfonamides is 1. The van der Waals surface area contributed by atoms with Gasteiger partial charge in [-0.1, -0.05) is 26.6 Å². The van der Waals surface area contributed by atoms with E-state index in [1.54, 1.807) is 13.8 Å². The number of hydrogen-bond donors (Lipinski definition) is 0. The maximum Gasteiger partial charge on any atom is 0.261 e. The van der Waals surface area contributed by atoms with E-state index in [1.165, 1.54) is 30.1 Å². The number of fused-ring (bicyclic) bond motifs is 1. The second-order valence-corrected chi connectivity index (χ2v) is 17.6. The van der Waals surface area contributed by atoms with Crippen molar-refractivity contribution in [2.24, 2.45) is 7.05 Å². The number of nitrogens with zero attached hydrogens (tertiary/aromatic N) is 4. The third-order valence-electron chi connectivity index (χ3n) is 5.66. The molecule has 0 fully saturated rings. The van der Waals surface area contributed by atoms with E-state index < -0.39 is 48.0 Å². The van der Waals surface area contributed by atoms with Crippen LogP contribution >= 0.6 is 0 Å². The molecule has 2 aromatic heterocycles. The summed E-state index contributed by atoms with van der Waals surface area (Å²) in [6, 6.07) is 3.72. The molecule has 0 aliphatic carbocycles. The number of hydrogen-bond acceptors (Lipinski definition) is 7. The van der Waals surface area contributed by atoms with Crippen LogP contribution in [0.15, 0.2) is 29.5 Å². The second-order valence-electron chi connectivity index (χ2n) is 9.93. The number of anilines is 1. The van der Waals surface area contributed by atoms with Crippen molar-refractivity contribution in [3.63, 3.8) is 0 Å². The zero-order chi connectivity index (χ0) is 27.5. The lowest BCUT2D eigenvalue weighted by molar-refractivity contribution is 0.155. The van der Waals surface area contributed by atoms with Crippen molar-refractivity contribution < 1.29 is 26.7 Å². The molecule has 0 saturated heterocycles. The molecule has 0 unspecified atom stereocenters. The Bertz CT molecular complexity index is 1460. The highest BCUT2D eigenvalue weighted by Crippen LogP contribution is 2.35. The molecular weight excluding hydrogens is 522 g/mol. The lowest BCUT2D eigenvalue weighted by Crippen LogP contribution is -2.37. The molecule has 0 amide bonds. The number of halogens is 2. The largest absolute Gasteiger partial charge is 0.451 e. The van der Waals surface area contributed by atoms with Gasteiger partial charge < -0.3 is 14.0 Å². The Morgan fingerprint density at radius 3 is 2.51 bits per heavy atom. The Morgan fingerprint density at radius 2 is 1.86 bits per heavy atom. The first-order valence-corrected chi connectivity index (χ1v) is 17.1. The zero-order valence-corrected chi connectivity index (χ0v) is 23.7. The molecule has 3 aromatic rings. The number of benzene rings is 1. The van der Waals surface area contributed by atoms with E-state index in [0.717, 1.165) is 6.04 Å². The minimum absolute atomic E-state index is 0.0156. The van der Waals surface area contributed by atoms with Crippen LogP contribution in [0.25, 0.3) is 10.9 Å². The van der Waals surface area contributed by atoms with E-state index in [4.69, 9.17) is 9.47 Å². The summed E-state index contributed by atoms with van der Waals surface area (Å²) >= 11 is 0. The van der Waals surface area contributed by atoms with E-state index in [1.807, 2.05) is 0 Å². The van der Waals surface area contributed by atoms with Gasteiger partial charge in [0, 0.05) is 27.3 Å². The van der Waals surface area contributed by atoms with Crippen molar-refractivity contribution in [3.05, 3.63) is 52.2 Å². The number of ether oxygens (including phenoxy) is 2. The SMILES string of the molecule is CCCS(=O)(=O)N(COCC[Si](C)(C)C)c1ncc(F)c(Oc2ccc3ncn(C)c(=O)c3c2C)c1F. The molecule has 0 radical (unpaired) electrons. The van der Waals surface area contributed by atoms with Crippen molar-refractivity contribution in [1.29, 1.82) is 0 Å². The minimum atomic E-state index is -4.03. The molecule has 37 heavy (non-hydrogen) atoms. The van der Waals surface area contributed by atoms with Crippen LogP contribution in [0.5, 0.6) is 11.5 Å². The topological polar surface area (TPSA) is 104 Å². The van der Waals surface area contributed by atoms with Gasteiger partial charge in [-0.2, -0.15) is 4.39 Å². The van der Waals surface area contributed by atoms with Gasteiger partial charge in [0.2, 0.25) is 21.6 Å². The van der Waals surface area contributed by atoms with Crippen molar-refractivity contribution in [2.75, 3.05) is 23.4 Å². The summed E-state index contributed by atoms with van der Waals surface area (Å²) in [5, 5.41) is 0.237. The van der Waals surface area contributed by atoms with Crippen LogP contribution in [0.4, 0.5) is 14.6 Å². The Morgan fingerprint density at radius 1 is 1.16 bits per heavy atom. The fraction of sp³-hybridized carbons (Fsp3) is 0.458. The van der Waals surface area contributed by atoms with E-state index in [0.29, 0.717) is 28.2 Å². The first kappa shape index (κ1) is 28.7. The lowest BCUT2D eigenvalue weighted by atomic mass is 10.1. The van der Waals surface area contributed by atoms with Crippen molar-refractivity contribution >= 4 is 34.8 Å². The Balaban J connectivity index is 2.03. The maximum atomic E-state index is 15.7. The summed E-state index contributed by atoms with van der Waals surface area (Å²) < 4.78 is 69.5. The molecule has 0 bridgehead atoms. The van der Waals surface area contributed by atoms with E-state index in [-0.39, 0.29) is 28.9 Å². The van der Waals surface area contributed by atoms with Crippen LogP contribution in [0, 0.1) is 18.6 Å². The first-order valence-electron chi connectivity index (χ1n) is 11.8. The molecule has 2 heterocycles. The molecule has 0 N–H and O–H groups in total. The molecule has 1 aromatic carbocycles. The van der Waals surface area contributed by atoms with Crippen LogP contribution in [0.3, 0.4) is 0 Å². The normalized spacial score (nSPS) is 12.2. The molecule has 9 nitrogen and oxygen atoms in total. The molecule has 0 saturated carbocycles. The Labute approximate surface area is 216 Å². The zero-order valence-electron chi connectivity index (χ0n) is 21.8. The van der Waals surface area contributed by atoms with E-state index in [9.17, 15) is 17.6 Å². The van der Waals surface area contributed by atoms with E-state index in [2.05, 4.69) is 29.6 Å². The molecule has 0 spiro atoms. The second kappa shape index (κ2) is 11.2. The maximum absolute atomic E-state index is 15.7. The van der Waals surface area contributed by atoms with Gasteiger partial charge in [-0.05, 0) is 31.5 Å². The van der Waals surface area contributed by atoms with Crippen LogP contribution in [-0.4, -0.2) is 50.1 Å². The van der Waals surface area contributed by atoms with Gasteiger partial charge >= 0.3 is 0 Å². The van der Waals surface area contributed by atoms with Crippen LogP contribution in [0.1, 0.15) is 18.9 Å². The summed E-state index contributed by atoms with van der Waals surface area (Å²) in [6.45, 7) is 9.50. The monoisotopic (exact) mass is 554 g/mol. The average molecular weight is 555 g/mol. The summed E-state index contributed by atoms with van der Waals surface area (Å²) in [5.74, 6) is -4.17. The third kappa shape index (κ3) is 6.51. The third-order valence-corrected chi connectivity index (χ3v) is 9.24. The summed E-state index contributed by atoms with van der Waals surface area (Å²) in [4.78, 5) is 20.5. The molecule has 202 valence electrons. The minimum Gasteiger partial charge on any atom is -0.451 e. The Hall–Kier alpha value is -2.90.